The monoisotopic (exact) mass is 344 g/mol. The third kappa shape index (κ3) is 4.39. The van der Waals surface area contributed by atoms with Gasteiger partial charge in [0.25, 0.3) is 0 Å². The van der Waals surface area contributed by atoms with Crippen molar-refractivity contribution in [1.82, 2.24) is 9.88 Å². The van der Waals surface area contributed by atoms with Crippen molar-refractivity contribution in [2.75, 3.05) is 26.8 Å². The van der Waals surface area contributed by atoms with Crippen LogP contribution < -0.4 is 4.74 Å². The van der Waals surface area contributed by atoms with Gasteiger partial charge in [-0.15, -0.1) is 0 Å². The van der Waals surface area contributed by atoms with Gasteiger partial charge in [0.2, 0.25) is 5.89 Å². The first-order valence-electron chi connectivity index (χ1n) is 8.67. The molecule has 1 aromatic carbocycles. The van der Waals surface area contributed by atoms with E-state index in [1.807, 2.05) is 31.2 Å². The summed E-state index contributed by atoms with van der Waals surface area (Å²) >= 11 is 0. The van der Waals surface area contributed by atoms with Crippen molar-refractivity contribution in [3.63, 3.8) is 0 Å². The Labute approximate surface area is 147 Å². The van der Waals surface area contributed by atoms with Gasteiger partial charge in [0.15, 0.2) is 0 Å². The Morgan fingerprint density at radius 3 is 2.64 bits per heavy atom. The lowest BCUT2D eigenvalue weighted by Crippen LogP contribution is -2.36. The molecule has 134 valence electrons. The molecule has 1 aliphatic rings. The van der Waals surface area contributed by atoms with E-state index in [0.717, 1.165) is 49.5 Å². The number of esters is 1. The van der Waals surface area contributed by atoms with Crippen LogP contribution in [0.2, 0.25) is 0 Å². The van der Waals surface area contributed by atoms with Crippen LogP contribution in [0, 0.1) is 5.92 Å². The molecule has 0 aliphatic carbocycles. The summed E-state index contributed by atoms with van der Waals surface area (Å²) in [6.45, 7) is 4.77. The number of rotatable bonds is 6. The molecule has 2 aromatic rings. The molecule has 0 bridgehead atoms. The molecular weight excluding hydrogens is 320 g/mol. The topological polar surface area (TPSA) is 64.8 Å². The van der Waals surface area contributed by atoms with E-state index in [1.165, 1.54) is 0 Å². The van der Waals surface area contributed by atoms with Crippen molar-refractivity contribution < 1.29 is 18.7 Å². The number of hydrogen-bond acceptors (Lipinski definition) is 6. The SMILES string of the molecule is CCOC(=O)C1CCN(Cc2coc(-c3ccc(OC)cc3)n2)CC1. The van der Waals surface area contributed by atoms with E-state index in [2.05, 4.69) is 9.88 Å². The summed E-state index contributed by atoms with van der Waals surface area (Å²) < 4.78 is 15.9. The van der Waals surface area contributed by atoms with Crippen molar-refractivity contribution in [1.29, 1.82) is 0 Å². The molecule has 3 rings (SSSR count). The van der Waals surface area contributed by atoms with E-state index >= 15 is 0 Å². The normalized spacial score (nSPS) is 15.9. The van der Waals surface area contributed by atoms with Crippen molar-refractivity contribution in [3.8, 4) is 17.2 Å². The molecule has 1 saturated heterocycles. The number of carbonyl (C=O) groups is 1. The maximum absolute atomic E-state index is 11.8. The quantitative estimate of drug-likeness (QED) is 0.750. The molecule has 1 fully saturated rings. The summed E-state index contributed by atoms with van der Waals surface area (Å²) in [5.74, 6) is 1.38. The zero-order valence-corrected chi connectivity index (χ0v) is 14.7. The number of benzene rings is 1. The molecular formula is C19H24N2O4. The second-order valence-corrected chi connectivity index (χ2v) is 6.17. The van der Waals surface area contributed by atoms with Gasteiger partial charge in [-0.1, -0.05) is 0 Å². The molecule has 1 aromatic heterocycles. The first kappa shape index (κ1) is 17.5. The molecule has 25 heavy (non-hydrogen) atoms. The average molecular weight is 344 g/mol. The van der Waals surface area contributed by atoms with Gasteiger partial charge >= 0.3 is 5.97 Å². The summed E-state index contributed by atoms with van der Waals surface area (Å²) in [6.07, 6.45) is 3.38. The maximum Gasteiger partial charge on any atom is 0.309 e. The predicted octanol–water partition coefficient (Wildman–Crippen LogP) is 3.13. The minimum absolute atomic E-state index is 0.0309. The molecule has 0 spiro atoms. The van der Waals surface area contributed by atoms with Gasteiger partial charge in [-0.05, 0) is 57.1 Å². The van der Waals surface area contributed by atoms with Gasteiger partial charge in [0.05, 0.1) is 25.3 Å². The number of likely N-dealkylation sites (tertiary alicyclic amines) is 1. The van der Waals surface area contributed by atoms with E-state index < -0.39 is 0 Å². The largest absolute Gasteiger partial charge is 0.497 e. The van der Waals surface area contributed by atoms with Crippen molar-refractivity contribution in [3.05, 3.63) is 36.2 Å². The average Bonchev–Trinajstić information content (AvgIpc) is 3.11. The maximum atomic E-state index is 11.8. The summed E-state index contributed by atoms with van der Waals surface area (Å²) in [7, 11) is 1.64. The molecule has 6 heteroatoms. The molecule has 0 atom stereocenters. The molecule has 0 saturated carbocycles. The first-order valence-corrected chi connectivity index (χ1v) is 8.67. The fraction of sp³-hybridized carbons (Fsp3) is 0.474. The lowest BCUT2D eigenvalue weighted by molar-refractivity contribution is -0.149. The number of nitrogens with zero attached hydrogens (tertiary/aromatic N) is 2. The summed E-state index contributed by atoms with van der Waals surface area (Å²) in [5, 5.41) is 0. The number of hydrogen-bond donors (Lipinski definition) is 0. The predicted molar refractivity (Wildman–Crippen MR) is 93.1 cm³/mol. The molecule has 0 amide bonds. The molecule has 0 unspecified atom stereocenters. The Morgan fingerprint density at radius 2 is 2.00 bits per heavy atom. The fourth-order valence-electron chi connectivity index (χ4n) is 3.06. The van der Waals surface area contributed by atoms with Crippen LogP contribution in [0.5, 0.6) is 5.75 Å². The van der Waals surface area contributed by atoms with Gasteiger partial charge in [0.1, 0.15) is 12.0 Å². The molecule has 2 heterocycles. The lowest BCUT2D eigenvalue weighted by atomic mass is 9.97. The van der Waals surface area contributed by atoms with E-state index in [-0.39, 0.29) is 11.9 Å². The Bertz CT molecular complexity index is 688. The second-order valence-electron chi connectivity index (χ2n) is 6.17. The number of carbonyl (C=O) groups excluding carboxylic acids is 1. The van der Waals surface area contributed by atoms with Crippen LogP contribution in [0.4, 0.5) is 0 Å². The minimum atomic E-state index is -0.0645. The highest BCUT2D eigenvalue weighted by Crippen LogP contribution is 2.24. The van der Waals surface area contributed by atoms with Gasteiger partial charge in [-0.25, -0.2) is 4.98 Å². The smallest absolute Gasteiger partial charge is 0.309 e. The number of aromatic nitrogens is 1. The van der Waals surface area contributed by atoms with E-state index in [4.69, 9.17) is 13.9 Å². The Balaban J connectivity index is 1.54. The Morgan fingerprint density at radius 1 is 1.28 bits per heavy atom. The molecule has 0 N–H and O–H groups in total. The van der Waals surface area contributed by atoms with Gasteiger partial charge in [-0.3, -0.25) is 9.69 Å². The molecule has 6 nitrogen and oxygen atoms in total. The summed E-state index contributed by atoms with van der Waals surface area (Å²) in [6, 6.07) is 7.64. The Kier molecular flexibility index (Phi) is 5.71. The lowest BCUT2D eigenvalue weighted by Gasteiger charge is -2.30. The van der Waals surface area contributed by atoms with Crippen LogP contribution >= 0.6 is 0 Å². The van der Waals surface area contributed by atoms with Crippen LogP contribution in [-0.2, 0) is 16.1 Å². The molecule has 0 radical (unpaired) electrons. The van der Waals surface area contributed by atoms with Crippen molar-refractivity contribution in [2.45, 2.75) is 26.3 Å². The molecule has 1 aliphatic heterocycles. The van der Waals surface area contributed by atoms with Crippen LogP contribution in [-0.4, -0.2) is 42.7 Å². The van der Waals surface area contributed by atoms with E-state index in [1.54, 1.807) is 13.4 Å². The van der Waals surface area contributed by atoms with Crippen LogP contribution in [0.25, 0.3) is 11.5 Å². The third-order valence-electron chi connectivity index (χ3n) is 4.48. The standard InChI is InChI=1S/C19H24N2O4/c1-3-24-19(22)15-8-10-21(11-9-15)12-16-13-25-18(20-16)14-4-6-17(23-2)7-5-14/h4-7,13,15H,3,8-12H2,1-2H3. The zero-order valence-electron chi connectivity index (χ0n) is 14.7. The highest BCUT2D eigenvalue weighted by atomic mass is 16.5. The number of methoxy groups -OCH3 is 1. The first-order chi connectivity index (χ1) is 12.2. The number of ether oxygens (including phenoxy) is 2. The van der Waals surface area contributed by atoms with Crippen LogP contribution in [0.3, 0.4) is 0 Å². The second kappa shape index (κ2) is 8.16. The van der Waals surface area contributed by atoms with E-state index in [9.17, 15) is 4.79 Å². The van der Waals surface area contributed by atoms with Gasteiger partial charge in [-0.2, -0.15) is 0 Å². The highest BCUT2D eigenvalue weighted by Gasteiger charge is 2.26. The van der Waals surface area contributed by atoms with Crippen LogP contribution in [0.1, 0.15) is 25.5 Å². The Hall–Kier alpha value is -2.34. The van der Waals surface area contributed by atoms with Gasteiger partial charge in [0, 0.05) is 12.1 Å². The summed E-state index contributed by atoms with van der Waals surface area (Å²) in [4.78, 5) is 18.7. The van der Waals surface area contributed by atoms with Gasteiger partial charge < -0.3 is 13.9 Å². The number of piperidine rings is 1. The minimum Gasteiger partial charge on any atom is -0.497 e. The van der Waals surface area contributed by atoms with E-state index in [0.29, 0.717) is 12.5 Å². The zero-order chi connectivity index (χ0) is 17.6. The third-order valence-corrected chi connectivity index (χ3v) is 4.48. The van der Waals surface area contributed by atoms with Crippen molar-refractivity contribution in [2.24, 2.45) is 5.92 Å². The number of oxazole rings is 1. The van der Waals surface area contributed by atoms with Crippen LogP contribution in [0.15, 0.2) is 34.9 Å². The highest BCUT2D eigenvalue weighted by molar-refractivity contribution is 5.72. The van der Waals surface area contributed by atoms with Crippen molar-refractivity contribution >= 4 is 5.97 Å². The fourth-order valence-corrected chi connectivity index (χ4v) is 3.06. The summed E-state index contributed by atoms with van der Waals surface area (Å²) in [5.41, 5.74) is 1.83.